The molecule has 0 radical (unpaired) electrons. The molecule has 92 valence electrons. The predicted octanol–water partition coefficient (Wildman–Crippen LogP) is 2.36. The maximum atomic E-state index is 13.4. The lowest BCUT2D eigenvalue weighted by Crippen LogP contribution is -2.37. The second kappa shape index (κ2) is 3.42. The van der Waals surface area contributed by atoms with Crippen LogP contribution in [0.25, 0.3) is 11.3 Å². The minimum Gasteiger partial charge on any atom is -0.393 e. The maximum Gasteiger partial charge on any atom is 0.123 e. The van der Waals surface area contributed by atoms with Gasteiger partial charge in [-0.05, 0) is 30.5 Å². The minimum atomic E-state index is -0.249. The molecule has 1 aliphatic carbocycles. The van der Waals surface area contributed by atoms with E-state index in [9.17, 15) is 9.50 Å². The van der Waals surface area contributed by atoms with E-state index in [0.29, 0.717) is 0 Å². The lowest BCUT2D eigenvalue weighted by atomic mass is 9.74. The van der Waals surface area contributed by atoms with Crippen LogP contribution >= 0.6 is 0 Å². The second-order valence-corrected chi connectivity index (χ2v) is 5.17. The van der Waals surface area contributed by atoms with Crippen molar-refractivity contribution in [3.8, 4) is 11.3 Å². The molecule has 2 aromatic rings. The lowest BCUT2D eigenvalue weighted by molar-refractivity contribution is 0.00415. The molecule has 0 amide bonds. The molecule has 1 aromatic carbocycles. The van der Waals surface area contributed by atoms with Gasteiger partial charge in [-0.3, -0.25) is 0 Å². The zero-order chi connectivity index (χ0) is 12.3. The molecular weight excluding hydrogens is 231 g/mol. The molecule has 1 N–H and O–H groups in total. The molecule has 2 aliphatic rings. The fourth-order valence-corrected chi connectivity index (χ4v) is 3.21. The molecule has 1 unspecified atom stereocenters. The second-order valence-electron chi connectivity index (χ2n) is 5.17. The number of aliphatic hydroxyl groups excluding tert-OH is 1. The average molecular weight is 244 g/mol. The van der Waals surface area contributed by atoms with Crippen LogP contribution in [-0.4, -0.2) is 20.8 Å². The number of aliphatic hydroxyl groups is 1. The van der Waals surface area contributed by atoms with Gasteiger partial charge in [0, 0.05) is 11.5 Å². The van der Waals surface area contributed by atoms with Crippen LogP contribution < -0.4 is 0 Å². The molecule has 0 saturated heterocycles. The highest BCUT2D eigenvalue weighted by Gasteiger charge is 2.42. The van der Waals surface area contributed by atoms with Crippen molar-refractivity contribution in [2.75, 3.05) is 0 Å². The standard InChI is InChI=1S/C14H13FN2O/c15-8-1-2-9-11(5-8)12-6-16-7-17(12)14(9)10-3-4-13(10)18/h1-2,5-7,10,13-14,18H,3-4H2/t10-,13-,14?/m1/s1. The Morgan fingerprint density at radius 2 is 2.22 bits per heavy atom. The smallest absolute Gasteiger partial charge is 0.123 e. The van der Waals surface area contributed by atoms with Gasteiger partial charge in [0.2, 0.25) is 0 Å². The van der Waals surface area contributed by atoms with Crippen molar-refractivity contribution in [3.63, 3.8) is 0 Å². The van der Waals surface area contributed by atoms with E-state index in [0.717, 1.165) is 29.7 Å². The summed E-state index contributed by atoms with van der Waals surface area (Å²) in [6.45, 7) is 0. The summed E-state index contributed by atoms with van der Waals surface area (Å²) in [5.41, 5.74) is 2.97. The van der Waals surface area contributed by atoms with Gasteiger partial charge in [0.05, 0.1) is 30.4 Å². The Balaban J connectivity index is 1.91. The molecule has 1 aliphatic heterocycles. The van der Waals surface area contributed by atoms with Crippen molar-refractivity contribution in [1.82, 2.24) is 9.55 Å². The average Bonchev–Trinajstić information content (AvgIpc) is 2.91. The van der Waals surface area contributed by atoms with E-state index in [1.165, 1.54) is 6.07 Å². The van der Waals surface area contributed by atoms with Crippen LogP contribution in [0.1, 0.15) is 24.4 Å². The van der Waals surface area contributed by atoms with Gasteiger partial charge in [0.1, 0.15) is 5.82 Å². The van der Waals surface area contributed by atoms with Gasteiger partial charge in [-0.25, -0.2) is 9.37 Å². The van der Waals surface area contributed by atoms with Gasteiger partial charge in [0.25, 0.3) is 0 Å². The fraction of sp³-hybridized carbons (Fsp3) is 0.357. The number of rotatable bonds is 1. The maximum absolute atomic E-state index is 13.4. The molecule has 4 rings (SSSR count). The van der Waals surface area contributed by atoms with Gasteiger partial charge in [-0.1, -0.05) is 6.07 Å². The van der Waals surface area contributed by atoms with Crippen molar-refractivity contribution in [2.45, 2.75) is 25.0 Å². The van der Waals surface area contributed by atoms with Gasteiger partial charge in [-0.15, -0.1) is 0 Å². The topological polar surface area (TPSA) is 38.1 Å². The van der Waals surface area contributed by atoms with E-state index in [2.05, 4.69) is 9.55 Å². The van der Waals surface area contributed by atoms with Crippen molar-refractivity contribution >= 4 is 0 Å². The van der Waals surface area contributed by atoms with Crippen molar-refractivity contribution < 1.29 is 9.50 Å². The van der Waals surface area contributed by atoms with Crippen LogP contribution in [0.3, 0.4) is 0 Å². The van der Waals surface area contributed by atoms with Crippen LogP contribution in [-0.2, 0) is 0 Å². The Bertz CT molecular complexity index is 622. The molecule has 2 heterocycles. The predicted molar refractivity (Wildman–Crippen MR) is 64.5 cm³/mol. The summed E-state index contributed by atoms with van der Waals surface area (Å²) in [7, 11) is 0. The van der Waals surface area contributed by atoms with E-state index in [1.807, 2.05) is 6.07 Å². The van der Waals surface area contributed by atoms with E-state index in [4.69, 9.17) is 0 Å². The normalized spacial score (nSPS) is 28.7. The third-order valence-electron chi connectivity index (χ3n) is 4.27. The molecular formula is C14H13FN2O. The van der Waals surface area contributed by atoms with E-state index < -0.39 is 0 Å². The first-order chi connectivity index (χ1) is 8.75. The minimum absolute atomic E-state index is 0.113. The first-order valence-corrected chi connectivity index (χ1v) is 6.25. The number of nitrogens with zero attached hydrogens (tertiary/aromatic N) is 2. The summed E-state index contributed by atoms with van der Waals surface area (Å²) in [6, 6.07) is 5.01. The van der Waals surface area contributed by atoms with Crippen LogP contribution in [0.2, 0.25) is 0 Å². The number of hydrogen-bond acceptors (Lipinski definition) is 2. The largest absolute Gasteiger partial charge is 0.393 e. The quantitative estimate of drug-likeness (QED) is 0.836. The highest BCUT2D eigenvalue weighted by atomic mass is 19.1. The van der Waals surface area contributed by atoms with E-state index in [1.54, 1.807) is 18.6 Å². The zero-order valence-corrected chi connectivity index (χ0v) is 9.75. The summed E-state index contributed by atoms with van der Waals surface area (Å²) in [5.74, 6) is 0.000897. The Kier molecular flexibility index (Phi) is 1.95. The molecule has 18 heavy (non-hydrogen) atoms. The number of halogens is 1. The third-order valence-corrected chi connectivity index (χ3v) is 4.27. The lowest BCUT2D eigenvalue weighted by Gasteiger charge is -2.38. The van der Waals surface area contributed by atoms with Crippen LogP contribution in [0.5, 0.6) is 0 Å². The highest BCUT2D eigenvalue weighted by molar-refractivity contribution is 5.69. The Hall–Kier alpha value is -1.68. The van der Waals surface area contributed by atoms with E-state index in [-0.39, 0.29) is 23.9 Å². The first kappa shape index (κ1) is 10.3. The van der Waals surface area contributed by atoms with Gasteiger partial charge in [-0.2, -0.15) is 0 Å². The molecule has 1 aromatic heterocycles. The van der Waals surface area contributed by atoms with Gasteiger partial charge < -0.3 is 9.67 Å². The molecule has 3 nitrogen and oxygen atoms in total. The van der Waals surface area contributed by atoms with Crippen molar-refractivity contribution in [2.24, 2.45) is 5.92 Å². The van der Waals surface area contributed by atoms with Crippen molar-refractivity contribution in [1.29, 1.82) is 0 Å². The molecule has 1 saturated carbocycles. The molecule has 4 heteroatoms. The van der Waals surface area contributed by atoms with Crippen LogP contribution in [0, 0.1) is 11.7 Å². The Morgan fingerprint density at radius 1 is 1.33 bits per heavy atom. The summed E-state index contributed by atoms with van der Waals surface area (Å²) >= 11 is 0. The number of imidazole rings is 1. The monoisotopic (exact) mass is 244 g/mol. The van der Waals surface area contributed by atoms with Gasteiger partial charge >= 0.3 is 0 Å². The molecule has 1 fully saturated rings. The van der Waals surface area contributed by atoms with E-state index >= 15 is 0 Å². The zero-order valence-electron chi connectivity index (χ0n) is 9.75. The van der Waals surface area contributed by atoms with Crippen LogP contribution in [0.15, 0.2) is 30.7 Å². The molecule has 3 atom stereocenters. The number of aromatic nitrogens is 2. The van der Waals surface area contributed by atoms with Gasteiger partial charge in [0.15, 0.2) is 0 Å². The fourth-order valence-electron chi connectivity index (χ4n) is 3.21. The highest BCUT2D eigenvalue weighted by Crippen LogP contribution is 2.48. The van der Waals surface area contributed by atoms with Crippen LogP contribution in [0.4, 0.5) is 4.39 Å². The third kappa shape index (κ3) is 1.18. The number of hydrogen-bond donors (Lipinski definition) is 1. The molecule has 0 spiro atoms. The molecule has 0 bridgehead atoms. The number of benzene rings is 1. The first-order valence-electron chi connectivity index (χ1n) is 6.25. The Labute approximate surface area is 104 Å². The summed E-state index contributed by atoms with van der Waals surface area (Å²) in [6.07, 6.45) is 5.18. The summed E-state index contributed by atoms with van der Waals surface area (Å²) < 4.78 is 15.5. The SMILES string of the molecule is O[C@@H]1CC[C@H]1C1c2ccc(F)cc2-c2cncn21. The summed E-state index contributed by atoms with van der Waals surface area (Å²) in [5, 5.41) is 9.90. The van der Waals surface area contributed by atoms with Crippen molar-refractivity contribution in [3.05, 3.63) is 42.1 Å². The Morgan fingerprint density at radius 3 is 2.94 bits per heavy atom. The summed E-state index contributed by atoms with van der Waals surface area (Å²) in [4.78, 5) is 4.15. The number of fused-ring (bicyclic) bond motifs is 3.